The van der Waals surface area contributed by atoms with E-state index in [4.69, 9.17) is 5.11 Å². The topological polar surface area (TPSA) is 79.3 Å². The van der Waals surface area contributed by atoms with Gasteiger partial charge in [0.15, 0.2) is 5.82 Å². The number of hydrogen-bond acceptors (Lipinski definition) is 3. The molecule has 0 unspecified atom stereocenters. The first kappa shape index (κ1) is 12.4. The first-order valence-corrected chi connectivity index (χ1v) is 5.32. The second kappa shape index (κ2) is 4.32. The van der Waals surface area contributed by atoms with Gasteiger partial charge in [-0.15, -0.1) is 0 Å². The molecule has 7 heteroatoms. The second-order valence-electron chi connectivity index (χ2n) is 4.16. The number of carbonyl (C=O) groups is 2. The minimum atomic E-state index is -1.39. The van der Waals surface area contributed by atoms with Crippen LogP contribution in [0.5, 0.6) is 0 Å². The third-order valence-corrected chi connectivity index (χ3v) is 3.06. The van der Waals surface area contributed by atoms with Crippen molar-refractivity contribution in [1.82, 2.24) is 10.3 Å². The number of nitrogens with one attached hydrogen (secondary N) is 1. The molecule has 5 nitrogen and oxygen atoms in total. The largest absolute Gasteiger partial charge is 0.480 e. The minimum absolute atomic E-state index is 0.281. The monoisotopic (exact) mass is 256 g/mol. The standard InChI is InChI=1S/C11H10F2N2O3/c12-7-6(2-5-14-8(7)13)9(16)15-11(10(17)18)3-1-4-11/h2,5H,1,3-4H2,(H,15,16)(H,17,18). The number of carbonyl (C=O) groups excluding carboxylic acids is 1. The number of aromatic nitrogens is 1. The van der Waals surface area contributed by atoms with Crippen molar-refractivity contribution in [3.05, 3.63) is 29.6 Å². The molecule has 0 aliphatic heterocycles. The van der Waals surface area contributed by atoms with Gasteiger partial charge >= 0.3 is 5.97 Å². The van der Waals surface area contributed by atoms with Crippen molar-refractivity contribution in [2.24, 2.45) is 0 Å². The molecule has 1 heterocycles. The molecule has 0 aromatic carbocycles. The van der Waals surface area contributed by atoms with E-state index in [2.05, 4.69) is 10.3 Å². The summed E-state index contributed by atoms with van der Waals surface area (Å²) in [6, 6.07) is 1.00. The molecular formula is C11H10F2N2O3. The molecule has 1 aromatic rings. The molecule has 96 valence electrons. The van der Waals surface area contributed by atoms with Gasteiger partial charge in [0, 0.05) is 6.20 Å². The Kier molecular flexibility index (Phi) is 2.98. The lowest BCUT2D eigenvalue weighted by molar-refractivity contribution is -0.148. The van der Waals surface area contributed by atoms with Crippen LogP contribution in [0.4, 0.5) is 8.78 Å². The number of carboxylic acids is 1. The number of aliphatic carboxylic acids is 1. The highest BCUT2D eigenvalue weighted by molar-refractivity contribution is 5.98. The van der Waals surface area contributed by atoms with Gasteiger partial charge in [-0.05, 0) is 25.3 Å². The maximum atomic E-state index is 13.3. The fourth-order valence-corrected chi connectivity index (χ4v) is 1.80. The van der Waals surface area contributed by atoms with Crippen molar-refractivity contribution >= 4 is 11.9 Å². The highest BCUT2D eigenvalue weighted by Crippen LogP contribution is 2.32. The Labute approximate surface area is 101 Å². The first-order chi connectivity index (χ1) is 8.46. The van der Waals surface area contributed by atoms with Gasteiger partial charge in [0.05, 0.1) is 5.56 Å². The number of pyridine rings is 1. The van der Waals surface area contributed by atoms with Crippen LogP contribution in [0.2, 0.25) is 0 Å². The van der Waals surface area contributed by atoms with Crippen LogP contribution in [0.25, 0.3) is 0 Å². The van der Waals surface area contributed by atoms with Crippen molar-refractivity contribution in [3.63, 3.8) is 0 Å². The molecule has 0 atom stereocenters. The molecule has 2 rings (SSSR count). The summed E-state index contributed by atoms with van der Waals surface area (Å²) in [6.45, 7) is 0. The highest BCUT2D eigenvalue weighted by atomic mass is 19.2. The van der Waals surface area contributed by atoms with Crippen LogP contribution in [0.15, 0.2) is 12.3 Å². The fourth-order valence-electron chi connectivity index (χ4n) is 1.80. The zero-order valence-corrected chi connectivity index (χ0v) is 9.24. The predicted molar refractivity (Wildman–Crippen MR) is 55.8 cm³/mol. The quantitative estimate of drug-likeness (QED) is 0.793. The SMILES string of the molecule is O=C(NC1(C(=O)O)CCC1)c1ccnc(F)c1F. The van der Waals surface area contributed by atoms with Crippen LogP contribution in [-0.4, -0.2) is 27.5 Å². The van der Waals surface area contributed by atoms with Gasteiger partial charge in [0.25, 0.3) is 5.91 Å². The van der Waals surface area contributed by atoms with Crippen molar-refractivity contribution in [2.45, 2.75) is 24.8 Å². The summed E-state index contributed by atoms with van der Waals surface area (Å²) >= 11 is 0. The summed E-state index contributed by atoms with van der Waals surface area (Å²) in [5.41, 5.74) is -1.90. The Morgan fingerprint density at radius 2 is 2.06 bits per heavy atom. The van der Waals surface area contributed by atoms with E-state index in [0.29, 0.717) is 6.42 Å². The number of nitrogens with zero attached hydrogens (tertiary/aromatic N) is 1. The molecule has 1 saturated carbocycles. The molecular weight excluding hydrogens is 246 g/mol. The van der Waals surface area contributed by atoms with Crippen molar-refractivity contribution < 1.29 is 23.5 Å². The van der Waals surface area contributed by atoms with E-state index in [0.717, 1.165) is 12.3 Å². The van der Waals surface area contributed by atoms with E-state index < -0.39 is 34.7 Å². The van der Waals surface area contributed by atoms with Crippen LogP contribution < -0.4 is 5.32 Å². The molecule has 0 saturated heterocycles. The maximum Gasteiger partial charge on any atom is 0.329 e. The second-order valence-corrected chi connectivity index (χ2v) is 4.16. The third-order valence-electron chi connectivity index (χ3n) is 3.06. The average Bonchev–Trinajstić information content (AvgIpc) is 2.26. The molecule has 0 bridgehead atoms. The van der Waals surface area contributed by atoms with E-state index in [1.807, 2.05) is 0 Å². The number of rotatable bonds is 3. The third kappa shape index (κ3) is 1.92. The Bertz CT molecular complexity index is 515. The lowest BCUT2D eigenvalue weighted by atomic mass is 9.76. The predicted octanol–water partition coefficient (Wildman–Crippen LogP) is 1.10. The lowest BCUT2D eigenvalue weighted by Gasteiger charge is -2.38. The molecule has 1 amide bonds. The van der Waals surface area contributed by atoms with Crippen molar-refractivity contribution in [2.75, 3.05) is 0 Å². The van der Waals surface area contributed by atoms with Crippen LogP contribution in [0.3, 0.4) is 0 Å². The Morgan fingerprint density at radius 3 is 2.56 bits per heavy atom. The van der Waals surface area contributed by atoms with Crippen LogP contribution in [0.1, 0.15) is 29.6 Å². The lowest BCUT2D eigenvalue weighted by Crippen LogP contribution is -2.59. The number of halogens is 2. The van der Waals surface area contributed by atoms with Gasteiger partial charge in [0.2, 0.25) is 5.95 Å². The molecule has 1 fully saturated rings. The Morgan fingerprint density at radius 1 is 1.39 bits per heavy atom. The van der Waals surface area contributed by atoms with Gasteiger partial charge in [-0.1, -0.05) is 0 Å². The van der Waals surface area contributed by atoms with Gasteiger partial charge in [-0.25, -0.2) is 14.2 Å². The van der Waals surface area contributed by atoms with Gasteiger partial charge in [-0.3, -0.25) is 4.79 Å². The number of hydrogen-bond donors (Lipinski definition) is 2. The van der Waals surface area contributed by atoms with E-state index >= 15 is 0 Å². The molecule has 2 N–H and O–H groups in total. The zero-order chi connectivity index (χ0) is 13.3. The summed E-state index contributed by atoms with van der Waals surface area (Å²) in [7, 11) is 0. The molecule has 0 spiro atoms. The van der Waals surface area contributed by atoms with E-state index in [1.54, 1.807) is 0 Å². The smallest absolute Gasteiger partial charge is 0.329 e. The maximum absolute atomic E-state index is 13.3. The average molecular weight is 256 g/mol. The summed E-state index contributed by atoms with van der Waals surface area (Å²) in [5, 5.41) is 11.2. The van der Waals surface area contributed by atoms with Gasteiger partial charge < -0.3 is 10.4 Å². The summed E-state index contributed by atoms with van der Waals surface area (Å²) in [6.07, 6.45) is 2.17. The van der Waals surface area contributed by atoms with Gasteiger partial charge in [0.1, 0.15) is 5.54 Å². The Hall–Kier alpha value is -2.05. The number of amides is 1. The normalized spacial score (nSPS) is 16.8. The minimum Gasteiger partial charge on any atom is -0.480 e. The number of carboxylic acid groups (broad SMARTS) is 1. The highest BCUT2D eigenvalue weighted by Gasteiger charge is 2.46. The summed E-state index contributed by atoms with van der Waals surface area (Å²) in [4.78, 5) is 25.8. The van der Waals surface area contributed by atoms with Crippen molar-refractivity contribution in [3.8, 4) is 0 Å². The molecule has 1 aromatic heterocycles. The van der Waals surface area contributed by atoms with Crippen LogP contribution in [-0.2, 0) is 4.79 Å². The fraction of sp³-hybridized carbons (Fsp3) is 0.364. The van der Waals surface area contributed by atoms with E-state index in [-0.39, 0.29) is 12.8 Å². The van der Waals surface area contributed by atoms with E-state index in [1.165, 1.54) is 0 Å². The zero-order valence-electron chi connectivity index (χ0n) is 9.24. The first-order valence-electron chi connectivity index (χ1n) is 5.32. The Balaban J connectivity index is 2.22. The summed E-state index contributed by atoms with van der Waals surface area (Å²) in [5.74, 6) is -4.89. The van der Waals surface area contributed by atoms with Crippen molar-refractivity contribution in [1.29, 1.82) is 0 Å². The molecule has 1 aliphatic carbocycles. The summed E-state index contributed by atoms with van der Waals surface area (Å²) < 4.78 is 26.1. The van der Waals surface area contributed by atoms with Crippen LogP contribution >= 0.6 is 0 Å². The van der Waals surface area contributed by atoms with Gasteiger partial charge in [-0.2, -0.15) is 4.39 Å². The van der Waals surface area contributed by atoms with E-state index in [9.17, 15) is 18.4 Å². The molecule has 0 radical (unpaired) electrons. The molecule has 1 aliphatic rings. The van der Waals surface area contributed by atoms with Crippen LogP contribution in [0, 0.1) is 11.8 Å². The molecule has 18 heavy (non-hydrogen) atoms.